The van der Waals surface area contributed by atoms with E-state index in [0.29, 0.717) is 22.3 Å². The van der Waals surface area contributed by atoms with Gasteiger partial charge in [-0.1, -0.05) is 54.6 Å². The third kappa shape index (κ3) is 3.31. The van der Waals surface area contributed by atoms with Crippen molar-refractivity contribution in [3.8, 4) is 5.69 Å². The summed E-state index contributed by atoms with van der Waals surface area (Å²) in [7, 11) is 0. The molecule has 0 unspecified atom stereocenters. The van der Waals surface area contributed by atoms with Gasteiger partial charge in [-0.3, -0.25) is 14.9 Å². The maximum Gasteiger partial charge on any atom is 0.269 e. The van der Waals surface area contributed by atoms with Crippen molar-refractivity contribution in [3.63, 3.8) is 0 Å². The molecule has 0 fully saturated rings. The number of non-ortho nitro benzene ring substituents is 1. The molecule has 0 N–H and O–H groups in total. The number of benzene rings is 2. The fourth-order valence-corrected chi connectivity index (χ4v) is 2.99. The number of nitro groups is 1. The Hall–Kier alpha value is -4.06. The number of nitrogens with zero attached hydrogens (tertiary/aromatic N) is 3. The lowest BCUT2D eigenvalue weighted by Crippen LogP contribution is -2.05. The summed E-state index contributed by atoms with van der Waals surface area (Å²) in [5, 5.41) is 16.2. The van der Waals surface area contributed by atoms with Crippen LogP contribution in [0, 0.1) is 10.1 Å². The summed E-state index contributed by atoms with van der Waals surface area (Å²) >= 11 is 0. The first-order valence-electron chi connectivity index (χ1n) is 8.63. The van der Waals surface area contributed by atoms with Crippen LogP contribution in [0.2, 0.25) is 0 Å². The van der Waals surface area contributed by atoms with Crippen molar-refractivity contribution in [2.45, 2.75) is 0 Å². The second-order valence-electron chi connectivity index (χ2n) is 6.16. The number of rotatable bonds is 4. The Kier molecular flexibility index (Phi) is 4.51. The summed E-state index contributed by atoms with van der Waals surface area (Å²) in [6.45, 7) is 0. The van der Waals surface area contributed by atoms with E-state index >= 15 is 0 Å². The van der Waals surface area contributed by atoms with Gasteiger partial charge in [0.1, 0.15) is 5.52 Å². The Balaban J connectivity index is 1.90. The summed E-state index contributed by atoms with van der Waals surface area (Å²) in [4.78, 5) is 23.1. The number of hydrogen-bond acceptors (Lipinski definition) is 4. The smallest absolute Gasteiger partial charge is 0.269 e. The molecule has 0 radical (unpaired) electrons. The van der Waals surface area contributed by atoms with Crippen LogP contribution in [-0.2, 0) is 0 Å². The van der Waals surface area contributed by atoms with Crippen LogP contribution >= 0.6 is 0 Å². The normalized spacial score (nSPS) is 11.1. The fraction of sp³-hybridized carbons (Fsp3) is 0. The van der Waals surface area contributed by atoms with E-state index < -0.39 is 4.92 Å². The zero-order chi connectivity index (χ0) is 19.5. The van der Waals surface area contributed by atoms with Crippen LogP contribution in [0.15, 0.2) is 83.7 Å². The maximum absolute atomic E-state index is 12.6. The van der Waals surface area contributed by atoms with Crippen molar-refractivity contribution in [1.29, 1.82) is 0 Å². The Morgan fingerprint density at radius 3 is 2.25 bits per heavy atom. The molecule has 0 aliphatic rings. The first-order chi connectivity index (χ1) is 13.6. The second-order valence-corrected chi connectivity index (χ2v) is 6.16. The minimum Gasteiger partial charge on any atom is -0.288 e. The highest BCUT2D eigenvalue weighted by molar-refractivity contribution is 5.90. The Morgan fingerprint density at radius 2 is 1.54 bits per heavy atom. The number of fused-ring (bicyclic) bond motifs is 1. The molecular formula is C22H15N3O3. The Morgan fingerprint density at radius 1 is 0.857 bits per heavy atom. The van der Waals surface area contributed by atoms with Crippen LogP contribution in [0.3, 0.4) is 0 Å². The van der Waals surface area contributed by atoms with Gasteiger partial charge in [-0.05, 0) is 29.8 Å². The van der Waals surface area contributed by atoms with E-state index in [1.54, 1.807) is 24.3 Å². The van der Waals surface area contributed by atoms with E-state index in [4.69, 9.17) is 0 Å². The van der Waals surface area contributed by atoms with Crippen molar-refractivity contribution in [2.24, 2.45) is 0 Å². The summed E-state index contributed by atoms with van der Waals surface area (Å²) < 4.78 is 1.53. The zero-order valence-electron chi connectivity index (χ0n) is 14.7. The molecule has 0 aliphatic carbocycles. The van der Waals surface area contributed by atoms with Crippen molar-refractivity contribution < 1.29 is 4.92 Å². The van der Waals surface area contributed by atoms with Crippen molar-refractivity contribution in [2.75, 3.05) is 0 Å². The van der Waals surface area contributed by atoms with Gasteiger partial charge in [-0.25, -0.2) is 4.68 Å². The standard InChI is InChI=1S/C22H15N3O3/c26-21-9-5-4-8-19-20(15-10-16-6-2-1-3-7-16)23-24(22(19)21)17-11-13-18(14-12-17)25(27)28/h1-15H/b15-10+. The predicted molar refractivity (Wildman–Crippen MR) is 109 cm³/mol. The molecule has 0 amide bonds. The van der Waals surface area contributed by atoms with Gasteiger partial charge in [-0.15, -0.1) is 0 Å². The van der Waals surface area contributed by atoms with E-state index in [0.717, 1.165) is 5.56 Å². The molecule has 6 heteroatoms. The number of nitro benzene ring substituents is 1. The molecule has 0 aliphatic heterocycles. The van der Waals surface area contributed by atoms with E-state index in [-0.39, 0.29) is 11.1 Å². The van der Waals surface area contributed by atoms with Crippen LogP contribution in [0.4, 0.5) is 5.69 Å². The highest BCUT2D eigenvalue weighted by atomic mass is 16.6. The van der Waals surface area contributed by atoms with Crippen LogP contribution in [0.5, 0.6) is 0 Å². The van der Waals surface area contributed by atoms with Crippen molar-refractivity contribution in [1.82, 2.24) is 9.78 Å². The Labute approximate surface area is 160 Å². The predicted octanol–water partition coefficient (Wildman–Crippen LogP) is 4.46. The molecule has 6 nitrogen and oxygen atoms in total. The Bertz CT molecular complexity index is 1240. The molecule has 3 aromatic carbocycles. The number of hydrogen-bond donors (Lipinski definition) is 0. The average molecular weight is 369 g/mol. The van der Waals surface area contributed by atoms with E-state index in [2.05, 4.69) is 5.10 Å². The second kappa shape index (κ2) is 7.28. The van der Waals surface area contributed by atoms with Gasteiger partial charge in [0.25, 0.3) is 5.69 Å². The zero-order valence-corrected chi connectivity index (χ0v) is 14.7. The minimum atomic E-state index is -0.460. The van der Waals surface area contributed by atoms with Gasteiger partial charge in [0.2, 0.25) is 5.43 Å². The SMILES string of the molecule is O=c1ccccc2c(/C=C/c3ccccc3)nn(-c3ccc([N+](=O)[O-])cc3)c12. The van der Waals surface area contributed by atoms with Gasteiger partial charge >= 0.3 is 0 Å². The third-order valence-electron chi connectivity index (χ3n) is 4.34. The third-order valence-corrected chi connectivity index (χ3v) is 4.34. The lowest BCUT2D eigenvalue weighted by molar-refractivity contribution is -0.384. The average Bonchev–Trinajstić information content (AvgIpc) is 2.97. The molecule has 4 rings (SSSR count). The first-order valence-corrected chi connectivity index (χ1v) is 8.63. The van der Waals surface area contributed by atoms with Crippen molar-refractivity contribution in [3.05, 3.63) is 110 Å². The molecule has 0 bridgehead atoms. The molecule has 0 saturated carbocycles. The summed E-state index contributed by atoms with van der Waals surface area (Å²) in [5.41, 5.74) is 2.47. The van der Waals surface area contributed by atoms with Crippen LogP contribution in [0.1, 0.15) is 11.3 Å². The van der Waals surface area contributed by atoms with Gasteiger partial charge in [0, 0.05) is 17.5 Å². The van der Waals surface area contributed by atoms with Gasteiger partial charge in [-0.2, -0.15) is 5.10 Å². The lowest BCUT2D eigenvalue weighted by atomic mass is 10.2. The van der Waals surface area contributed by atoms with Gasteiger partial charge < -0.3 is 0 Å². The van der Waals surface area contributed by atoms with E-state index in [1.165, 1.54) is 22.9 Å². The molecule has 0 spiro atoms. The largest absolute Gasteiger partial charge is 0.288 e. The lowest BCUT2D eigenvalue weighted by Gasteiger charge is -2.01. The van der Waals surface area contributed by atoms with Gasteiger partial charge in [0.15, 0.2) is 0 Å². The molecule has 28 heavy (non-hydrogen) atoms. The fourth-order valence-electron chi connectivity index (χ4n) is 2.99. The quantitative estimate of drug-likeness (QED) is 0.393. The minimum absolute atomic E-state index is 0.0164. The monoisotopic (exact) mass is 369 g/mol. The van der Waals surface area contributed by atoms with Crippen LogP contribution in [-0.4, -0.2) is 14.7 Å². The van der Waals surface area contributed by atoms with Crippen molar-refractivity contribution >= 4 is 28.7 Å². The highest BCUT2D eigenvalue weighted by Crippen LogP contribution is 2.22. The summed E-state index contributed by atoms with van der Waals surface area (Å²) in [5.74, 6) is 0. The molecular weight excluding hydrogens is 354 g/mol. The molecule has 0 saturated heterocycles. The topological polar surface area (TPSA) is 78.0 Å². The van der Waals surface area contributed by atoms with E-state index in [1.807, 2.05) is 48.6 Å². The molecule has 1 heterocycles. The molecule has 0 atom stereocenters. The summed E-state index contributed by atoms with van der Waals surface area (Å²) in [6, 6.07) is 22.6. The number of aromatic nitrogens is 2. The van der Waals surface area contributed by atoms with Crippen LogP contribution < -0.4 is 5.43 Å². The van der Waals surface area contributed by atoms with Crippen LogP contribution in [0.25, 0.3) is 28.7 Å². The molecule has 136 valence electrons. The molecule has 1 aromatic heterocycles. The summed E-state index contributed by atoms with van der Waals surface area (Å²) in [6.07, 6.45) is 3.79. The maximum atomic E-state index is 12.6. The van der Waals surface area contributed by atoms with E-state index in [9.17, 15) is 14.9 Å². The van der Waals surface area contributed by atoms with Gasteiger partial charge in [0.05, 0.1) is 16.3 Å². The first kappa shape index (κ1) is 17.4. The highest BCUT2D eigenvalue weighted by Gasteiger charge is 2.13. The molecule has 4 aromatic rings.